The molecule has 4 rings (SSSR count). The van der Waals surface area contributed by atoms with E-state index in [2.05, 4.69) is 5.32 Å². The highest BCUT2D eigenvalue weighted by molar-refractivity contribution is 7.92. The summed E-state index contributed by atoms with van der Waals surface area (Å²) in [6, 6.07) is 23.3. The Bertz CT molecular complexity index is 1000. The van der Waals surface area contributed by atoms with Gasteiger partial charge in [0, 0.05) is 5.02 Å². The fraction of sp³-hybridized carbons (Fsp3) is 0.100. The maximum Gasteiger partial charge on any atom is 0.189 e. The van der Waals surface area contributed by atoms with Crippen molar-refractivity contribution in [1.82, 2.24) is 0 Å². The minimum Gasteiger partial charge on any atom is -0.375 e. The van der Waals surface area contributed by atoms with Crippen LogP contribution in [0.25, 0.3) is 0 Å². The Morgan fingerprint density at radius 1 is 0.760 bits per heavy atom. The van der Waals surface area contributed by atoms with Crippen molar-refractivity contribution in [2.24, 2.45) is 0 Å². The van der Waals surface area contributed by atoms with Crippen LogP contribution < -0.4 is 5.32 Å². The van der Waals surface area contributed by atoms with Crippen LogP contribution in [0.4, 0.5) is 5.69 Å². The molecule has 5 heteroatoms. The van der Waals surface area contributed by atoms with Gasteiger partial charge >= 0.3 is 0 Å². The fourth-order valence-corrected chi connectivity index (χ4v) is 5.54. The van der Waals surface area contributed by atoms with Gasteiger partial charge in [-0.2, -0.15) is 0 Å². The molecule has 0 unspecified atom stereocenters. The van der Waals surface area contributed by atoms with Gasteiger partial charge in [-0.15, -0.1) is 0 Å². The van der Waals surface area contributed by atoms with Crippen molar-refractivity contribution in [1.29, 1.82) is 0 Å². The summed E-state index contributed by atoms with van der Waals surface area (Å²) in [5, 5.41) is 3.33. The first kappa shape index (κ1) is 16.2. The van der Waals surface area contributed by atoms with E-state index in [9.17, 15) is 8.42 Å². The van der Waals surface area contributed by atoms with Crippen molar-refractivity contribution in [2.75, 3.05) is 5.32 Å². The molecule has 3 aromatic rings. The highest BCUT2D eigenvalue weighted by Gasteiger charge is 2.42. The zero-order valence-electron chi connectivity index (χ0n) is 13.3. The smallest absolute Gasteiger partial charge is 0.189 e. The number of hydrogen-bond acceptors (Lipinski definition) is 3. The number of hydrogen-bond donors (Lipinski definition) is 1. The molecular weight excluding hydrogens is 354 g/mol. The number of para-hydroxylation sites is 1. The second-order valence-electron chi connectivity index (χ2n) is 6.05. The lowest BCUT2D eigenvalue weighted by Gasteiger charge is -2.35. The van der Waals surface area contributed by atoms with Gasteiger partial charge < -0.3 is 5.32 Å². The van der Waals surface area contributed by atoms with E-state index in [1.165, 1.54) is 0 Å². The highest BCUT2D eigenvalue weighted by Crippen LogP contribution is 2.47. The van der Waals surface area contributed by atoms with E-state index in [0.717, 1.165) is 11.1 Å². The molecule has 0 aromatic heterocycles. The largest absolute Gasteiger partial charge is 0.375 e. The molecule has 0 radical (unpaired) electrons. The summed E-state index contributed by atoms with van der Waals surface area (Å²) in [6.07, 6.45) is 0. The summed E-state index contributed by atoms with van der Waals surface area (Å²) in [5.41, 5.74) is 2.29. The first-order chi connectivity index (χ1) is 12.1. The summed E-state index contributed by atoms with van der Waals surface area (Å²) in [4.78, 5) is 0.342. The minimum absolute atomic E-state index is 0.342. The highest BCUT2D eigenvalue weighted by atomic mass is 35.5. The molecule has 126 valence electrons. The molecule has 0 saturated heterocycles. The Morgan fingerprint density at radius 3 is 2.12 bits per heavy atom. The van der Waals surface area contributed by atoms with Crippen molar-refractivity contribution in [3.63, 3.8) is 0 Å². The van der Waals surface area contributed by atoms with Crippen LogP contribution in [-0.4, -0.2) is 8.42 Å². The quantitative estimate of drug-likeness (QED) is 0.689. The molecule has 0 bridgehead atoms. The van der Waals surface area contributed by atoms with Crippen molar-refractivity contribution < 1.29 is 8.42 Å². The standard InChI is InChI=1S/C20H16ClNO2S/c21-16-12-10-14(11-13-16)19-20(15-6-2-1-3-7-15)25(23,24)18-9-5-4-8-17(18)22-19/h1-13,19-20,22H/t19-,20-/m0/s1. The molecule has 2 atom stereocenters. The number of nitrogens with one attached hydrogen (secondary N) is 1. The number of fused-ring (bicyclic) bond motifs is 1. The van der Waals surface area contributed by atoms with Gasteiger partial charge in [0.1, 0.15) is 5.25 Å². The van der Waals surface area contributed by atoms with Gasteiger partial charge in [0.05, 0.1) is 16.6 Å². The van der Waals surface area contributed by atoms with Crippen LogP contribution in [0.15, 0.2) is 83.8 Å². The Labute approximate surface area is 152 Å². The third-order valence-corrected chi connectivity index (χ3v) is 6.93. The first-order valence-electron chi connectivity index (χ1n) is 7.97. The number of benzene rings is 3. The molecule has 1 aliphatic rings. The maximum atomic E-state index is 13.4. The van der Waals surface area contributed by atoms with Crippen LogP contribution in [0.2, 0.25) is 5.02 Å². The number of rotatable bonds is 2. The van der Waals surface area contributed by atoms with E-state index in [0.29, 0.717) is 15.6 Å². The Balaban J connectivity index is 1.93. The third kappa shape index (κ3) is 2.81. The van der Waals surface area contributed by atoms with E-state index in [1.54, 1.807) is 30.3 Å². The van der Waals surface area contributed by atoms with E-state index in [1.807, 2.05) is 48.5 Å². The van der Waals surface area contributed by atoms with E-state index in [4.69, 9.17) is 11.6 Å². The van der Waals surface area contributed by atoms with Crippen molar-refractivity contribution in [2.45, 2.75) is 16.2 Å². The van der Waals surface area contributed by atoms with E-state index >= 15 is 0 Å². The average molecular weight is 370 g/mol. The van der Waals surface area contributed by atoms with Gasteiger partial charge in [-0.25, -0.2) is 8.42 Å². The van der Waals surface area contributed by atoms with Gasteiger partial charge in [-0.05, 0) is 35.4 Å². The second kappa shape index (κ2) is 6.21. The minimum atomic E-state index is -3.54. The number of halogens is 1. The zero-order chi connectivity index (χ0) is 17.4. The SMILES string of the molecule is O=S1(=O)c2ccccc2N[C@@H](c2ccc(Cl)cc2)[C@@H]1c1ccccc1. The number of anilines is 1. The summed E-state index contributed by atoms with van der Waals surface area (Å²) in [6.45, 7) is 0. The van der Waals surface area contributed by atoms with Crippen LogP contribution in [-0.2, 0) is 9.84 Å². The molecule has 3 nitrogen and oxygen atoms in total. The van der Waals surface area contributed by atoms with Crippen LogP contribution in [0.5, 0.6) is 0 Å². The molecule has 0 amide bonds. The number of sulfone groups is 1. The molecule has 25 heavy (non-hydrogen) atoms. The molecule has 0 aliphatic carbocycles. The second-order valence-corrected chi connectivity index (χ2v) is 8.52. The van der Waals surface area contributed by atoms with Crippen molar-refractivity contribution in [3.05, 3.63) is 95.0 Å². The van der Waals surface area contributed by atoms with Crippen molar-refractivity contribution >= 4 is 27.1 Å². The normalized spacial score (nSPS) is 21.2. The summed E-state index contributed by atoms with van der Waals surface area (Å²) in [5.74, 6) is 0. The summed E-state index contributed by atoms with van der Waals surface area (Å²) < 4.78 is 26.8. The van der Waals surface area contributed by atoms with Crippen LogP contribution in [0.1, 0.15) is 22.4 Å². The lowest BCUT2D eigenvalue weighted by molar-refractivity contribution is 0.562. The summed E-state index contributed by atoms with van der Waals surface area (Å²) in [7, 11) is -3.54. The Kier molecular flexibility index (Phi) is 4.02. The van der Waals surface area contributed by atoms with Gasteiger partial charge in [0.25, 0.3) is 0 Å². The third-order valence-electron chi connectivity index (χ3n) is 4.50. The van der Waals surface area contributed by atoms with Crippen molar-refractivity contribution in [3.8, 4) is 0 Å². The molecule has 1 heterocycles. The fourth-order valence-electron chi connectivity index (χ4n) is 3.34. The summed E-state index contributed by atoms with van der Waals surface area (Å²) >= 11 is 6.00. The van der Waals surface area contributed by atoms with E-state index in [-0.39, 0.29) is 6.04 Å². The molecule has 0 fully saturated rings. The van der Waals surface area contributed by atoms with Gasteiger partial charge in [0.2, 0.25) is 0 Å². The molecule has 0 saturated carbocycles. The predicted octanol–water partition coefficient (Wildman–Crippen LogP) is 5.02. The molecule has 0 spiro atoms. The van der Waals surface area contributed by atoms with E-state index < -0.39 is 15.1 Å². The molecule has 3 aromatic carbocycles. The van der Waals surface area contributed by atoms with Gasteiger partial charge in [0.15, 0.2) is 9.84 Å². The molecule has 1 aliphatic heterocycles. The predicted molar refractivity (Wildman–Crippen MR) is 101 cm³/mol. The van der Waals surface area contributed by atoms with Gasteiger partial charge in [-0.1, -0.05) is 66.2 Å². The zero-order valence-corrected chi connectivity index (χ0v) is 14.8. The van der Waals surface area contributed by atoms with Crippen LogP contribution >= 0.6 is 11.6 Å². The van der Waals surface area contributed by atoms with Crippen LogP contribution in [0.3, 0.4) is 0 Å². The van der Waals surface area contributed by atoms with Gasteiger partial charge in [-0.3, -0.25) is 0 Å². The Hall–Kier alpha value is -2.30. The molecular formula is C20H16ClNO2S. The lowest BCUT2D eigenvalue weighted by Crippen LogP contribution is -2.31. The average Bonchev–Trinajstić information content (AvgIpc) is 2.62. The topological polar surface area (TPSA) is 46.2 Å². The molecule has 1 N–H and O–H groups in total. The lowest BCUT2D eigenvalue weighted by atomic mass is 9.97. The maximum absolute atomic E-state index is 13.4. The first-order valence-corrected chi connectivity index (χ1v) is 9.90. The monoisotopic (exact) mass is 369 g/mol. The Morgan fingerprint density at radius 2 is 1.40 bits per heavy atom. The van der Waals surface area contributed by atoms with Crippen LogP contribution in [0, 0.1) is 0 Å².